The van der Waals surface area contributed by atoms with Gasteiger partial charge in [-0.2, -0.15) is 0 Å². The van der Waals surface area contributed by atoms with E-state index in [-0.39, 0.29) is 29.6 Å². The monoisotopic (exact) mass is 518 g/mol. The largest absolute Gasteiger partial charge is 0.483 e. The standard InChI is InChI=1S/C29H24ClFN2O4/c30-22-15-20(11-12-23(22)31)16-32-13-14-33-24(17-34)25(21-9-5-2-6-10-21)27(35)28(26(33)29(32)36)37-18-19-7-3-1-4-8-19/h1-12,15,34H,13-14,16-18H2. The van der Waals surface area contributed by atoms with Crippen molar-refractivity contribution in [1.29, 1.82) is 0 Å². The second kappa shape index (κ2) is 10.6. The molecule has 0 unspecified atom stereocenters. The maximum absolute atomic E-state index is 13.9. The lowest BCUT2D eigenvalue weighted by molar-refractivity contribution is 0.0675. The van der Waals surface area contributed by atoms with Crippen LogP contribution in [0.25, 0.3) is 11.1 Å². The average molecular weight is 519 g/mol. The van der Waals surface area contributed by atoms with Gasteiger partial charge in [0.25, 0.3) is 5.91 Å². The molecule has 0 bridgehead atoms. The second-order valence-electron chi connectivity index (χ2n) is 8.75. The number of aromatic nitrogens is 1. The Morgan fingerprint density at radius 1 is 0.919 bits per heavy atom. The number of pyridine rings is 1. The molecular weight excluding hydrogens is 495 g/mol. The highest BCUT2D eigenvalue weighted by atomic mass is 35.5. The number of aliphatic hydroxyl groups is 1. The quantitative estimate of drug-likeness (QED) is 0.372. The Kier molecular flexibility index (Phi) is 7.08. The number of carbonyl (C=O) groups is 1. The van der Waals surface area contributed by atoms with Crippen molar-refractivity contribution in [2.75, 3.05) is 6.54 Å². The third-order valence-corrected chi connectivity index (χ3v) is 6.70. The second-order valence-corrected chi connectivity index (χ2v) is 9.16. The van der Waals surface area contributed by atoms with Gasteiger partial charge in [-0.3, -0.25) is 9.59 Å². The number of amides is 1. The lowest BCUT2D eigenvalue weighted by atomic mass is 10.00. The molecule has 3 aromatic carbocycles. The maximum atomic E-state index is 13.9. The summed E-state index contributed by atoms with van der Waals surface area (Å²) in [5.41, 5.74) is 2.42. The number of benzene rings is 3. The van der Waals surface area contributed by atoms with Gasteiger partial charge in [-0.1, -0.05) is 78.3 Å². The normalized spacial score (nSPS) is 12.9. The summed E-state index contributed by atoms with van der Waals surface area (Å²) >= 11 is 5.94. The van der Waals surface area contributed by atoms with Crippen LogP contribution in [0.5, 0.6) is 5.75 Å². The van der Waals surface area contributed by atoms with Gasteiger partial charge in [0.2, 0.25) is 5.43 Å². The zero-order valence-electron chi connectivity index (χ0n) is 19.9. The molecule has 1 amide bonds. The van der Waals surface area contributed by atoms with Crippen molar-refractivity contribution >= 4 is 17.5 Å². The van der Waals surface area contributed by atoms with E-state index in [1.54, 1.807) is 27.7 Å². The topological polar surface area (TPSA) is 71.8 Å². The first-order chi connectivity index (χ1) is 18.0. The molecule has 188 valence electrons. The van der Waals surface area contributed by atoms with Gasteiger partial charge in [0, 0.05) is 19.6 Å². The van der Waals surface area contributed by atoms with Gasteiger partial charge in [0.05, 0.1) is 22.9 Å². The van der Waals surface area contributed by atoms with E-state index in [1.165, 1.54) is 12.1 Å². The Labute approximate surface area is 218 Å². The van der Waals surface area contributed by atoms with Crippen LogP contribution in [0.15, 0.2) is 83.7 Å². The van der Waals surface area contributed by atoms with E-state index in [0.717, 1.165) is 5.56 Å². The van der Waals surface area contributed by atoms with E-state index in [1.807, 2.05) is 48.5 Å². The van der Waals surface area contributed by atoms with Crippen molar-refractivity contribution in [2.45, 2.75) is 26.3 Å². The molecule has 1 aromatic heterocycles. The van der Waals surface area contributed by atoms with E-state index in [0.29, 0.717) is 35.5 Å². The van der Waals surface area contributed by atoms with Crippen molar-refractivity contribution in [3.63, 3.8) is 0 Å². The number of hydrogen-bond acceptors (Lipinski definition) is 4. The lowest BCUT2D eigenvalue weighted by Crippen LogP contribution is -2.43. The minimum absolute atomic E-state index is 0.0273. The molecule has 0 spiro atoms. The van der Waals surface area contributed by atoms with Crippen LogP contribution in [0.4, 0.5) is 4.39 Å². The zero-order valence-corrected chi connectivity index (χ0v) is 20.6. The van der Waals surface area contributed by atoms with Gasteiger partial charge >= 0.3 is 0 Å². The summed E-state index contributed by atoms with van der Waals surface area (Å²) in [5.74, 6) is -1.02. The number of ether oxygens (including phenoxy) is 1. The minimum atomic E-state index is -0.537. The Morgan fingerprint density at radius 2 is 1.62 bits per heavy atom. The molecule has 2 heterocycles. The molecule has 0 atom stereocenters. The van der Waals surface area contributed by atoms with Crippen LogP contribution in [0, 0.1) is 5.82 Å². The molecule has 4 aromatic rings. The summed E-state index contributed by atoms with van der Waals surface area (Å²) in [4.78, 5) is 29.2. The fraction of sp³-hybridized carbons (Fsp3) is 0.172. The van der Waals surface area contributed by atoms with E-state index in [4.69, 9.17) is 16.3 Å². The highest BCUT2D eigenvalue weighted by Crippen LogP contribution is 2.31. The molecule has 0 fully saturated rings. The first-order valence-corrected chi connectivity index (χ1v) is 12.2. The van der Waals surface area contributed by atoms with E-state index >= 15 is 0 Å². The molecule has 1 aliphatic heterocycles. The van der Waals surface area contributed by atoms with Gasteiger partial charge in [-0.15, -0.1) is 0 Å². The fourth-order valence-electron chi connectivity index (χ4n) is 4.62. The SMILES string of the molecule is O=C1c2c(OCc3ccccc3)c(=O)c(-c3ccccc3)c(CO)n2CCN1Cc1ccc(F)c(Cl)c1. The van der Waals surface area contributed by atoms with Gasteiger partial charge in [0.1, 0.15) is 12.4 Å². The van der Waals surface area contributed by atoms with Crippen molar-refractivity contribution < 1.29 is 19.0 Å². The number of hydrogen-bond donors (Lipinski definition) is 1. The predicted molar refractivity (Wildman–Crippen MR) is 139 cm³/mol. The third kappa shape index (κ3) is 4.88. The van der Waals surface area contributed by atoms with Crippen molar-refractivity contribution in [3.05, 3.63) is 122 Å². The number of fused-ring (bicyclic) bond motifs is 1. The Hall–Kier alpha value is -3.94. The van der Waals surface area contributed by atoms with Crippen LogP contribution in [0.1, 0.15) is 27.3 Å². The molecule has 0 saturated heterocycles. The fourth-order valence-corrected chi connectivity index (χ4v) is 4.82. The molecule has 1 aliphatic rings. The van der Waals surface area contributed by atoms with Crippen LogP contribution in [0.3, 0.4) is 0 Å². The number of carbonyl (C=O) groups excluding carboxylic acids is 1. The summed E-state index contributed by atoms with van der Waals surface area (Å²) < 4.78 is 21.4. The first kappa shape index (κ1) is 24.7. The van der Waals surface area contributed by atoms with Crippen LogP contribution in [0.2, 0.25) is 5.02 Å². The van der Waals surface area contributed by atoms with Crippen molar-refractivity contribution in [2.24, 2.45) is 0 Å². The Morgan fingerprint density at radius 3 is 2.30 bits per heavy atom. The number of halogens is 2. The summed E-state index contributed by atoms with van der Waals surface area (Å²) in [6, 6.07) is 22.7. The Balaban J connectivity index is 1.61. The third-order valence-electron chi connectivity index (χ3n) is 6.41. The minimum Gasteiger partial charge on any atom is -0.483 e. The smallest absolute Gasteiger partial charge is 0.274 e. The molecule has 5 rings (SSSR count). The zero-order chi connectivity index (χ0) is 25.9. The number of rotatable bonds is 7. The molecule has 0 aliphatic carbocycles. The van der Waals surface area contributed by atoms with Gasteiger partial charge in [-0.05, 0) is 28.8 Å². The van der Waals surface area contributed by atoms with Gasteiger partial charge < -0.3 is 19.3 Å². The molecular formula is C29H24ClFN2O4. The molecule has 8 heteroatoms. The van der Waals surface area contributed by atoms with Crippen molar-refractivity contribution in [3.8, 4) is 16.9 Å². The Bertz CT molecular complexity index is 1510. The molecule has 6 nitrogen and oxygen atoms in total. The highest BCUT2D eigenvalue weighted by molar-refractivity contribution is 6.30. The highest BCUT2D eigenvalue weighted by Gasteiger charge is 2.33. The summed E-state index contributed by atoms with van der Waals surface area (Å²) in [5, 5.41) is 10.3. The molecule has 0 radical (unpaired) electrons. The van der Waals surface area contributed by atoms with Crippen molar-refractivity contribution in [1.82, 2.24) is 9.47 Å². The first-order valence-electron chi connectivity index (χ1n) is 11.8. The predicted octanol–water partition coefficient (Wildman–Crippen LogP) is 5.04. The van der Waals surface area contributed by atoms with Crippen LogP contribution in [-0.2, 0) is 26.3 Å². The maximum Gasteiger partial charge on any atom is 0.274 e. The summed E-state index contributed by atoms with van der Waals surface area (Å²) in [6.07, 6.45) is 0. The number of nitrogens with zero attached hydrogens (tertiary/aromatic N) is 2. The van der Waals surface area contributed by atoms with E-state index in [9.17, 15) is 19.1 Å². The van der Waals surface area contributed by atoms with E-state index < -0.39 is 23.8 Å². The summed E-state index contributed by atoms with van der Waals surface area (Å²) in [7, 11) is 0. The summed E-state index contributed by atoms with van der Waals surface area (Å²) in [6.45, 7) is 0.514. The van der Waals surface area contributed by atoms with E-state index in [2.05, 4.69) is 0 Å². The van der Waals surface area contributed by atoms with Gasteiger partial charge in [-0.25, -0.2) is 4.39 Å². The number of aliphatic hydroxyl groups excluding tert-OH is 1. The average Bonchev–Trinajstić information content (AvgIpc) is 2.92. The lowest BCUT2D eigenvalue weighted by Gasteiger charge is -2.33. The van der Waals surface area contributed by atoms with Crippen LogP contribution in [-0.4, -0.2) is 27.0 Å². The van der Waals surface area contributed by atoms with Crippen LogP contribution < -0.4 is 10.2 Å². The van der Waals surface area contributed by atoms with Gasteiger partial charge in [0.15, 0.2) is 11.4 Å². The molecule has 0 saturated carbocycles. The molecule has 1 N–H and O–H groups in total. The molecule has 37 heavy (non-hydrogen) atoms. The van der Waals surface area contributed by atoms with Crippen LogP contribution >= 0.6 is 11.6 Å².